The molecule has 0 saturated heterocycles. The van der Waals surface area contributed by atoms with Crippen molar-refractivity contribution in [3.63, 3.8) is 0 Å². The van der Waals surface area contributed by atoms with Gasteiger partial charge in [-0.05, 0) is 18.2 Å². The summed E-state index contributed by atoms with van der Waals surface area (Å²) >= 11 is 0. The first-order chi connectivity index (χ1) is 8.20. The molecule has 0 fully saturated rings. The van der Waals surface area contributed by atoms with Gasteiger partial charge in [-0.15, -0.1) is 0 Å². The van der Waals surface area contributed by atoms with Gasteiger partial charge in [0.15, 0.2) is 5.82 Å². The van der Waals surface area contributed by atoms with Crippen molar-refractivity contribution >= 4 is 5.69 Å². The number of aromatic nitrogens is 3. The molecule has 0 bridgehead atoms. The first-order valence-electron chi connectivity index (χ1n) is 4.96. The number of aryl methyl sites for hydroxylation is 1. The molecule has 0 spiro atoms. The second-order valence-corrected chi connectivity index (χ2v) is 3.46. The van der Waals surface area contributed by atoms with Crippen LogP contribution < -0.4 is 10.5 Å². The summed E-state index contributed by atoms with van der Waals surface area (Å²) in [5.41, 5.74) is 6.53. The average molecular weight is 229 g/mol. The van der Waals surface area contributed by atoms with Crippen LogP contribution in [-0.4, -0.2) is 14.8 Å². The van der Waals surface area contributed by atoms with Crippen LogP contribution in [0.3, 0.4) is 0 Å². The van der Waals surface area contributed by atoms with Crippen molar-refractivity contribution in [3.8, 4) is 11.8 Å². The molecule has 0 unspecified atom stereocenters. The summed E-state index contributed by atoms with van der Waals surface area (Å²) in [4.78, 5) is 4.02. The maximum atomic E-state index is 8.94. The van der Waals surface area contributed by atoms with Gasteiger partial charge in [-0.25, -0.2) is 4.98 Å². The first kappa shape index (κ1) is 11.0. The van der Waals surface area contributed by atoms with Gasteiger partial charge in [0.2, 0.25) is 0 Å². The highest BCUT2D eigenvalue weighted by molar-refractivity contribution is 5.53. The summed E-state index contributed by atoms with van der Waals surface area (Å²) in [5, 5.41) is 12.9. The molecule has 0 saturated carbocycles. The van der Waals surface area contributed by atoms with Crippen LogP contribution in [0, 0.1) is 11.3 Å². The Morgan fingerprint density at radius 1 is 1.53 bits per heavy atom. The number of rotatable bonds is 3. The van der Waals surface area contributed by atoms with Crippen molar-refractivity contribution in [2.24, 2.45) is 7.05 Å². The number of benzene rings is 1. The molecule has 0 amide bonds. The number of hydrogen-bond acceptors (Lipinski definition) is 5. The molecule has 6 nitrogen and oxygen atoms in total. The van der Waals surface area contributed by atoms with E-state index < -0.39 is 0 Å². The van der Waals surface area contributed by atoms with Crippen LogP contribution >= 0.6 is 0 Å². The molecule has 17 heavy (non-hydrogen) atoms. The number of nitrogen functional groups attached to an aromatic ring is 1. The molecule has 2 N–H and O–H groups in total. The van der Waals surface area contributed by atoms with Gasteiger partial charge in [0.25, 0.3) is 0 Å². The molecule has 0 aliphatic rings. The van der Waals surface area contributed by atoms with Crippen molar-refractivity contribution in [2.75, 3.05) is 5.73 Å². The van der Waals surface area contributed by atoms with E-state index in [0.29, 0.717) is 22.8 Å². The summed E-state index contributed by atoms with van der Waals surface area (Å²) in [7, 11) is 1.78. The van der Waals surface area contributed by atoms with E-state index in [0.717, 1.165) is 0 Å². The lowest BCUT2D eigenvalue weighted by molar-refractivity contribution is 0.289. The summed E-state index contributed by atoms with van der Waals surface area (Å²) < 4.78 is 7.12. The Bertz CT molecular complexity index is 569. The number of anilines is 1. The zero-order valence-corrected chi connectivity index (χ0v) is 9.29. The van der Waals surface area contributed by atoms with Crippen molar-refractivity contribution in [1.82, 2.24) is 14.8 Å². The van der Waals surface area contributed by atoms with Gasteiger partial charge in [-0.3, -0.25) is 4.68 Å². The minimum Gasteiger partial charge on any atom is -0.484 e. The van der Waals surface area contributed by atoms with Gasteiger partial charge in [0, 0.05) is 12.7 Å². The topological polar surface area (TPSA) is 89.8 Å². The van der Waals surface area contributed by atoms with Crippen molar-refractivity contribution in [2.45, 2.75) is 6.61 Å². The summed E-state index contributed by atoms with van der Waals surface area (Å²) in [6, 6.07) is 6.97. The fraction of sp³-hybridized carbons (Fsp3) is 0.182. The van der Waals surface area contributed by atoms with Crippen molar-refractivity contribution in [3.05, 3.63) is 35.9 Å². The molecule has 2 rings (SSSR count). The molecule has 0 radical (unpaired) electrons. The Hall–Kier alpha value is -2.55. The SMILES string of the molecule is Cn1ncnc1COc1ccc(N)cc1C#N. The standard InChI is InChI=1S/C11H11N5O/c1-16-11(14-7-15-16)6-17-10-3-2-9(13)4-8(10)5-12/h2-4,7H,6,13H2,1H3. The van der Waals surface area contributed by atoms with Crippen molar-refractivity contribution < 1.29 is 4.74 Å². The van der Waals surface area contributed by atoms with E-state index in [1.54, 1.807) is 29.9 Å². The Morgan fingerprint density at radius 2 is 2.35 bits per heavy atom. The normalized spacial score (nSPS) is 9.88. The van der Waals surface area contributed by atoms with E-state index in [2.05, 4.69) is 10.1 Å². The quantitative estimate of drug-likeness (QED) is 0.788. The van der Waals surface area contributed by atoms with E-state index in [9.17, 15) is 0 Å². The van der Waals surface area contributed by atoms with Gasteiger partial charge in [0.05, 0.1) is 5.56 Å². The smallest absolute Gasteiger partial charge is 0.164 e. The molecule has 0 aliphatic heterocycles. The Labute approximate surface area is 98.3 Å². The Kier molecular flexibility index (Phi) is 2.92. The van der Waals surface area contributed by atoms with E-state index >= 15 is 0 Å². The third-order valence-corrected chi connectivity index (χ3v) is 2.29. The molecule has 6 heteroatoms. The Balaban J connectivity index is 2.15. The average Bonchev–Trinajstić information content (AvgIpc) is 2.73. The molecule has 1 aromatic carbocycles. The Morgan fingerprint density at radius 3 is 3.00 bits per heavy atom. The third kappa shape index (κ3) is 2.34. The largest absolute Gasteiger partial charge is 0.484 e. The molecule has 2 aromatic rings. The summed E-state index contributed by atoms with van der Waals surface area (Å²) in [5.74, 6) is 1.18. The van der Waals surface area contributed by atoms with Crippen LogP contribution in [0.25, 0.3) is 0 Å². The minimum absolute atomic E-state index is 0.259. The second kappa shape index (κ2) is 4.53. The van der Waals surface area contributed by atoms with Crippen LogP contribution in [-0.2, 0) is 13.7 Å². The summed E-state index contributed by atoms with van der Waals surface area (Å²) in [6.07, 6.45) is 1.45. The molecule has 86 valence electrons. The highest BCUT2D eigenvalue weighted by Gasteiger charge is 2.06. The van der Waals surface area contributed by atoms with Crippen LogP contribution in [0.5, 0.6) is 5.75 Å². The van der Waals surface area contributed by atoms with Gasteiger partial charge in [0.1, 0.15) is 24.8 Å². The van der Waals surface area contributed by atoms with E-state index in [1.165, 1.54) is 6.33 Å². The molecule has 1 aromatic heterocycles. The van der Waals surface area contributed by atoms with Crippen LogP contribution in [0.2, 0.25) is 0 Å². The number of hydrogen-bond donors (Lipinski definition) is 1. The highest BCUT2D eigenvalue weighted by Crippen LogP contribution is 2.21. The lowest BCUT2D eigenvalue weighted by Gasteiger charge is -2.07. The molecule has 0 aliphatic carbocycles. The van der Waals surface area contributed by atoms with Gasteiger partial charge >= 0.3 is 0 Å². The lowest BCUT2D eigenvalue weighted by Crippen LogP contribution is -2.05. The predicted molar refractivity (Wildman–Crippen MR) is 60.9 cm³/mol. The number of nitrogens with zero attached hydrogens (tertiary/aromatic N) is 4. The first-order valence-corrected chi connectivity index (χ1v) is 4.96. The van der Waals surface area contributed by atoms with Gasteiger partial charge < -0.3 is 10.5 Å². The van der Waals surface area contributed by atoms with E-state index in [4.69, 9.17) is 15.7 Å². The van der Waals surface area contributed by atoms with Crippen LogP contribution in [0.4, 0.5) is 5.69 Å². The number of ether oxygens (including phenoxy) is 1. The van der Waals surface area contributed by atoms with Crippen molar-refractivity contribution in [1.29, 1.82) is 5.26 Å². The zero-order chi connectivity index (χ0) is 12.3. The maximum Gasteiger partial charge on any atom is 0.164 e. The van der Waals surface area contributed by atoms with E-state index in [-0.39, 0.29) is 6.61 Å². The van der Waals surface area contributed by atoms with Gasteiger partial charge in [-0.2, -0.15) is 10.4 Å². The highest BCUT2D eigenvalue weighted by atomic mass is 16.5. The fourth-order valence-corrected chi connectivity index (χ4v) is 1.35. The maximum absolute atomic E-state index is 8.94. The second-order valence-electron chi connectivity index (χ2n) is 3.46. The molecule has 0 atom stereocenters. The number of nitrogens with two attached hydrogens (primary N) is 1. The molecular formula is C11H11N5O. The molecule has 1 heterocycles. The van der Waals surface area contributed by atoms with Gasteiger partial charge in [-0.1, -0.05) is 0 Å². The van der Waals surface area contributed by atoms with E-state index in [1.807, 2.05) is 6.07 Å². The third-order valence-electron chi connectivity index (χ3n) is 2.29. The number of nitriles is 1. The lowest BCUT2D eigenvalue weighted by atomic mass is 10.2. The van der Waals surface area contributed by atoms with Crippen LogP contribution in [0.1, 0.15) is 11.4 Å². The van der Waals surface area contributed by atoms with Crippen LogP contribution in [0.15, 0.2) is 24.5 Å². The minimum atomic E-state index is 0.259. The summed E-state index contributed by atoms with van der Waals surface area (Å²) in [6.45, 7) is 0.259. The fourth-order valence-electron chi connectivity index (χ4n) is 1.35. The zero-order valence-electron chi connectivity index (χ0n) is 9.29. The predicted octanol–water partition coefficient (Wildman–Crippen LogP) is 0.848. The monoisotopic (exact) mass is 229 g/mol. The molecular weight excluding hydrogens is 218 g/mol.